The van der Waals surface area contributed by atoms with Gasteiger partial charge in [-0.05, 0) is 12.1 Å². The highest BCUT2D eigenvalue weighted by Crippen LogP contribution is 2.14. The van der Waals surface area contributed by atoms with Gasteiger partial charge in [-0.15, -0.1) is 17.0 Å². The summed E-state index contributed by atoms with van der Waals surface area (Å²) in [6.45, 7) is 1.40. The molecule has 0 saturated heterocycles. The molecular weight excluding hydrogens is 366 g/mol. The molecule has 0 bridgehead atoms. The van der Waals surface area contributed by atoms with E-state index in [1.807, 2.05) is 0 Å². The van der Waals surface area contributed by atoms with E-state index < -0.39 is 4.92 Å². The van der Waals surface area contributed by atoms with Crippen molar-refractivity contribution in [2.75, 3.05) is 0 Å². The van der Waals surface area contributed by atoms with E-state index in [4.69, 9.17) is 0 Å². The second kappa shape index (κ2) is 8.14. The summed E-state index contributed by atoms with van der Waals surface area (Å²) in [5, 5.41) is 11.2. The van der Waals surface area contributed by atoms with Gasteiger partial charge in [-0.2, -0.15) is 0 Å². The highest BCUT2D eigenvalue weighted by Gasteiger charge is 2.11. The van der Waals surface area contributed by atoms with Crippen molar-refractivity contribution in [2.24, 2.45) is 4.99 Å². The van der Waals surface area contributed by atoms with E-state index in [1.54, 1.807) is 29.1 Å². The van der Waals surface area contributed by atoms with Crippen LogP contribution in [0.4, 0.5) is 5.69 Å². The SMILES string of the molecule is Br.CC(=O)N=c1ccn(CC(=O)c2cccc([N+](=O)[O-])c2)cc1. The van der Waals surface area contributed by atoms with Crippen LogP contribution in [0, 0.1) is 10.1 Å². The molecular formula is C15H14BrN3O4. The largest absolute Gasteiger partial charge is 0.346 e. The number of rotatable bonds is 4. The van der Waals surface area contributed by atoms with Gasteiger partial charge >= 0.3 is 0 Å². The Labute approximate surface area is 142 Å². The fourth-order valence-corrected chi connectivity index (χ4v) is 1.86. The Hall–Kier alpha value is -2.61. The Morgan fingerprint density at radius 2 is 1.87 bits per heavy atom. The number of carbonyl (C=O) groups is 2. The van der Waals surface area contributed by atoms with Crippen molar-refractivity contribution in [1.82, 2.24) is 4.57 Å². The van der Waals surface area contributed by atoms with Crippen LogP contribution in [0.2, 0.25) is 0 Å². The van der Waals surface area contributed by atoms with Crippen molar-refractivity contribution in [1.29, 1.82) is 0 Å². The van der Waals surface area contributed by atoms with Gasteiger partial charge < -0.3 is 4.57 Å². The molecule has 23 heavy (non-hydrogen) atoms. The minimum atomic E-state index is -0.540. The zero-order valence-corrected chi connectivity index (χ0v) is 13.9. The molecule has 0 aliphatic carbocycles. The van der Waals surface area contributed by atoms with Crippen molar-refractivity contribution in [3.8, 4) is 0 Å². The maximum absolute atomic E-state index is 12.1. The molecule has 0 saturated carbocycles. The maximum atomic E-state index is 12.1. The second-order valence-electron chi connectivity index (χ2n) is 4.59. The summed E-state index contributed by atoms with van der Waals surface area (Å²) >= 11 is 0. The second-order valence-corrected chi connectivity index (χ2v) is 4.59. The van der Waals surface area contributed by atoms with Crippen LogP contribution in [0.15, 0.2) is 53.8 Å². The predicted octanol–water partition coefficient (Wildman–Crippen LogP) is 2.30. The molecule has 8 heteroatoms. The van der Waals surface area contributed by atoms with Crippen molar-refractivity contribution in [3.05, 3.63) is 69.8 Å². The molecule has 0 N–H and O–H groups in total. The summed E-state index contributed by atoms with van der Waals surface area (Å²) in [6, 6.07) is 8.83. The standard InChI is InChI=1S/C15H13N3O4.BrH/c1-11(19)16-13-5-7-17(8-6-13)10-15(20)12-3-2-4-14(9-12)18(21)22;/h2-9H,10H2,1H3;1H. The summed E-state index contributed by atoms with van der Waals surface area (Å²) in [4.78, 5) is 36.9. The van der Waals surface area contributed by atoms with Crippen LogP contribution < -0.4 is 5.36 Å². The van der Waals surface area contributed by atoms with E-state index in [9.17, 15) is 19.7 Å². The molecule has 1 amide bonds. The van der Waals surface area contributed by atoms with E-state index in [0.29, 0.717) is 5.36 Å². The van der Waals surface area contributed by atoms with Gasteiger partial charge in [-0.25, -0.2) is 4.99 Å². The first-order valence-electron chi connectivity index (χ1n) is 6.45. The van der Waals surface area contributed by atoms with E-state index >= 15 is 0 Å². The van der Waals surface area contributed by atoms with Crippen LogP contribution >= 0.6 is 17.0 Å². The van der Waals surface area contributed by atoms with E-state index in [1.165, 1.54) is 31.2 Å². The number of benzene rings is 1. The van der Waals surface area contributed by atoms with Crippen LogP contribution in [0.25, 0.3) is 0 Å². The monoisotopic (exact) mass is 379 g/mol. The lowest BCUT2D eigenvalue weighted by molar-refractivity contribution is -0.384. The third-order valence-corrected chi connectivity index (χ3v) is 2.87. The summed E-state index contributed by atoms with van der Waals surface area (Å²) in [5.41, 5.74) is 0.158. The molecule has 1 aromatic carbocycles. The topological polar surface area (TPSA) is 94.6 Å². The van der Waals surface area contributed by atoms with Gasteiger partial charge in [0.2, 0.25) is 5.91 Å². The fourth-order valence-electron chi connectivity index (χ4n) is 1.86. The smallest absolute Gasteiger partial charge is 0.270 e. The number of pyridine rings is 1. The van der Waals surface area contributed by atoms with Crippen molar-refractivity contribution < 1.29 is 14.5 Å². The third-order valence-electron chi connectivity index (χ3n) is 2.87. The average Bonchev–Trinajstić information content (AvgIpc) is 2.49. The molecule has 0 fully saturated rings. The zero-order chi connectivity index (χ0) is 16.1. The summed E-state index contributed by atoms with van der Waals surface area (Å²) in [7, 11) is 0. The van der Waals surface area contributed by atoms with E-state index in [-0.39, 0.29) is 46.5 Å². The number of Topliss-reactive ketones (excluding diaryl/α,β-unsaturated/α-hetero) is 1. The fraction of sp³-hybridized carbons (Fsp3) is 0.133. The molecule has 2 rings (SSSR count). The highest BCUT2D eigenvalue weighted by molar-refractivity contribution is 8.93. The molecule has 0 spiro atoms. The maximum Gasteiger partial charge on any atom is 0.270 e. The molecule has 1 aromatic heterocycles. The first-order chi connectivity index (χ1) is 10.5. The number of carbonyl (C=O) groups excluding carboxylic acids is 2. The number of aromatic nitrogens is 1. The van der Waals surface area contributed by atoms with Gasteiger partial charge in [-0.3, -0.25) is 19.7 Å². The first kappa shape index (κ1) is 18.4. The Morgan fingerprint density at radius 1 is 1.22 bits per heavy atom. The molecule has 0 aliphatic heterocycles. The van der Waals surface area contributed by atoms with Gasteiger partial charge in [0.05, 0.1) is 16.8 Å². The lowest BCUT2D eigenvalue weighted by Gasteiger charge is -2.05. The molecule has 0 radical (unpaired) electrons. The van der Waals surface area contributed by atoms with E-state index in [2.05, 4.69) is 4.99 Å². The number of hydrogen-bond acceptors (Lipinski definition) is 4. The Kier molecular flexibility index (Phi) is 6.52. The number of nitro benzene ring substituents is 1. The lowest BCUT2D eigenvalue weighted by Crippen LogP contribution is -2.13. The van der Waals surface area contributed by atoms with Gasteiger partial charge in [-0.1, -0.05) is 12.1 Å². The minimum absolute atomic E-state index is 0. The van der Waals surface area contributed by atoms with Gasteiger partial charge in [0.1, 0.15) is 0 Å². The summed E-state index contributed by atoms with van der Waals surface area (Å²) < 4.78 is 1.61. The van der Waals surface area contributed by atoms with Gasteiger partial charge in [0.15, 0.2) is 5.78 Å². The van der Waals surface area contributed by atoms with Gasteiger partial charge in [0, 0.05) is 37.0 Å². The van der Waals surface area contributed by atoms with Gasteiger partial charge in [0.25, 0.3) is 5.69 Å². The van der Waals surface area contributed by atoms with Crippen LogP contribution in [0.1, 0.15) is 17.3 Å². The quantitative estimate of drug-likeness (QED) is 0.462. The van der Waals surface area contributed by atoms with Crippen LogP contribution in [-0.2, 0) is 11.3 Å². The van der Waals surface area contributed by atoms with Crippen LogP contribution in [0.3, 0.4) is 0 Å². The first-order valence-corrected chi connectivity index (χ1v) is 6.45. The average molecular weight is 380 g/mol. The Balaban J connectivity index is 0.00000264. The third kappa shape index (κ3) is 5.26. The lowest BCUT2D eigenvalue weighted by atomic mass is 10.1. The molecule has 0 unspecified atom stereocenters. The van der Waals surface area contributed by atoms with Crippen molar-refractivity contribution in [3.63, 3.8) is 0 Å². The summed E-state index contributed by atoms with van der Waals surface area (Å²) in [5.74, 6) is -0.546. The normalized spacial score (nSPS) is 9.61. The van der Waals surface area contributed by atoms with Crippen molar-refractivity contribution >= 4 is 34.4 Å². The molecule has 2 aromatic rings. The molecule has 120 valence electrons. The number of halogens is 1. The van der Waals surface area contributed by atoms with Crippen LogP contribution in [0.5, 0.6) is 0 Å². The number of amides is 1. The Morgan fingerprint density at radius 3 is 2.43 bits per heavy atom. The molecule has 0 atom stereocenters. The highest BCUT2D eigenvalue weighted by atomic mass is 79.9. The Bertz CT molecular complexity index is 794. The summed E-state index contributed by atoms with van der Waals surface area (Å²) in [6.07, 6.45) is 3.24. The van der Waals surface area contributed by atoms with Crippen LogP contribution in [-0.4, -0.2) is 21.2 Å². The number of ketones is 1. The minimum Gasteiger partial charge on any atom is -0.346 e. The zero-order valence-electron chi connectivity index (χ0n) is 12.2. The number of non-ortho nitro benzene ring substituents is 1. The van der Waals surface area contributed by atoms with E-state index in [0.717, 1.165) is 0 Å². The molecule has 0 aliphatic rings. The predicted molar refractivity (Wildman–Crippen MR) is 88.4 cm³/mol. The number of nitro groups is 1. The molecule has 1 heterocycles. The number of hydrogen-bond donors (Lipinski definition) is 0. The number of nitrogens with zero attached hydrogens (tertiary/aromatic N) is 3. The van der Waals surface area contributed by atoms with Crippen molar-refractivity contribution in [2.45, 2.75) is 13.5 Å². The molecule has 7 nitrogen and oxygen atoms in total.